The molecule has 2 amide bonds. The number of amides is 2. The molecule has 0 spiro atoms. The molecule has 2 aromatic rings. The zero-order valence-corrected chi connectivity index (χ0v) is 18.9. The highest BCUT2D eigenvalue weighted by Gasteiger charge is 2.24. The van der Waals surface area contributed by atoms with Crippen LogP contribution in [0.4, 0.5) is 14.2 Å². The van der Waals surface area contributed by atoms with Gasteiger partial charge >= 0.3 is 12.0 Å². The van der Waals surface area contributed by atoms with E-state index >= 15 is 0 Å². The predicted molar refractivity (Wildman–Crippen MR) is 118 cm³/mol. The molecule has 1 aromatic carbocycles. The van der Waals surface area contributed by atoms with Crippen molar-refractivity contribution in [3.63, 3.8) is 0 Å². The number of carboxylic acids is 1. The van der Waals surface area contributed by atoms with Crippen molar-refractivity contribution in [1.29, 1.82) is 0 Å². The third-order valence-electron chi connectivity index (χ3n) is 5.06. The standard InChI is InChI=1S/C21H27FN4O5S/c1-13-10-14(2)15(16(22)11-13)12-31-18-17(20(27)28)19(32-25-18)24-21(29)23-4-3-5-26-6-8-30-9-7-26/h10-11H,3-9,12H2,1-2H3,(H,27,28)(H2,23,24,29). The maximum atomic E-state index is 14.2. The van der Waals surface area contributed by atoms with E-state index in [1.165, 1.54) is 6.07 Å². The number of nitrogens with one attached hydrogen (secondary N) is 2. The van der Waals surface area contributed by atoms with Crippen LogP contribution in [0.3, 0.4) is 0 Å². The van der Waals surface area contributed by atoms with Crippen molar-refractivity contribution in [2.45, 2.75) is 26.9 Å². The van der Waals surface area contributed by atoms with Gasteiger partial charge in [0.2, 0.25) is 5.88 Å². The number of carboxylic acid groups (broad SMARTS) is 1. The molecule has 174 valence electrons. The number of aromatic nitrogens is 1. The second-order valence-corrected chi connectivity index (χ2v) is 8.29. The molecular weight excluding hydrogens is 439 g/mol. The fourth-order valence-corrected chi connectivity index (χ4v) is 4.12. The van der Waals surface area contributed by atoms with Crippen LogP contribution in [0.2, 0.25) is 0 Å². The Kier molecular flexibility index (Phi) is 8.37. The summed E-state index contributed by atoms with van der Waals surface area (Å²) in [6.45, 7) is 7.86. The lowest BCUT2D eigenvalue weighted by Crippen LogP contribution is -2.38. The number of benzene rings is 1. The molecule has 1 aliphatic heterocycles. The van der Waals surface area contributed by atoms with Gasteiger partial charge in [0.1, 0.15) is 17.4 Å². The number of aryl methyl sites for hydroxylation is 2. The van der Waals surface area contributed by atoms with Gasteiger partial charge in [-0.05, 0) is 55.5 Å². The molecule has 0 bridgehead atoms. The van der Waals surface area contributed by atoms with Gasteiger partial charge in [-0.15, -0.1) is 0 Å². The molecule has 1 saturated heterocycles. The molecule has 0 saturated carbocycles. The average molecular weight is 467 g/mol. The van der Waals surface area contributed by atoms with Crippen molar-refractivity contribution in [2.24, 2.45) is 0 Å². The van der Waals surface area contributed by atoms with Gasteiger partial charge in [-0.1, -0.05) is 6.07 Å². The van der Waals surface area contributed by atoms with Gasteiger partial charge in [0.05, 0.1) is 13.2 Å². The number of anilines is 1. The number of hydrogen-bond acceptors (Lipinski definition) is 7. The van der Waals surface area contributed by atoms with Crippen molar-refractivity contribution < 1.29 is 28.6 Å². The summed E-state index contributed by atoms with van der Waals surface area (Å²) in [5.41, 5.74) is 1.55. The molecule has 0 aliphatic carbocycles. The fraction of sp³-hybridized carbons (Fsp3) is 0.476. The number of urea groups is 1. The Morgan fingerprint density at radius 2 is 2.06 bits per heavy atom. The Hall–Kier alpha value is -2.76. The second-order valence-electron chi connectivity index (χ2n) is 7.52. The highest BCUT2D eigenvalue weighted by molar-refractivity contribution is 7.11. The van der Waals surface area contributed by atoms with Crippen LogP contribution in [0.25, 0.3) is 0 Å². The lowest BCUT2D eigenvalue weighted by atomic mass is 10.1. The van der Waals surface area contributed by atoms with Gasteiger partial charge in [0, 0.05) is 25.2 Å². The lowest BCUT2D eigenvalue weighted by molar-refractivity contribution is 0.0375. The van der Waals surface area contributed by atoms with Gasteiger partial charge in [-0.2, -0.15) is 4.37 Å². The number of carbonyl (C=O) groups excluding carboxylic acids is 1. The molecular formula is C21H27FN4O5S. The molecule has 1 aliphatic rings. The normalized spacial score (nSPS) is 14.2. The fourth-order valence-electron chi connectivity index (χ4n) is 3.39. The first-order valence-electron chi connectivity index (χ1n) is 10.3. The van der Waals surface area contributed by atoms with Crippen LogP contribution < -0.4 is 15.4 Å². The molecule has 11 heteroatoms. The van der Waals surface area contributed by atoms with Gasteiger partial charge in [0.25, 0.3) is 0 Å². The van der Waals surface area contributed by atoms with E-state index in [1.807, 2.05) is 6.07 Å². The number of hydrogen-bond donors (Lipinski definition) is 3. The molecule has 0 atom stereocenters. The lowest BCUT2D eigenvalue weighted by Gasteiger charge is -2.26. The maximum Gasteiger partial charge on any atom is 0.344 e. The summed E-state index contributed by atoms with van der Waals surface area (Å²) < 4.78 is 29.0. The van der Waals surface area contributed by atoms with Crippen molar-refractivity contribution in [3.8, 4) is 5.88 Å². The first kappa shape index (κ1) is 23.9. The smallest absolute Gasteiger partial charge is 0.344 e. The number of halogens is 1. The summed E-state index contributed by atoms with van der Waals surface area (Å²) in [5.74, 6) is -1.88. The predicted octanol–water partition coefficient (Wildman–Crippen LogP) is 3.02. The monoisotopic (exact) mass is 466 g/mol. The van der Waals surface area contributed by atoms with E-state index in [4.69, 9.17) is 9.47 Å². The molecule has 1 aromatic heterocycles. The van der Waals surface area contributed by atoms with Crippen LogP contribution in [0.15, 0.2) is 12.1 Å². The largest absolute Gasteiger partial charge is 0.477 e. The first-order chi connectivity index (χ1) is 15.3. The minimum atomic E-state index is -1.29. The van der Waals surface area contributed by atoms with E-state index in [-0.39, 0.29) is 23.1 Å². The van der Waals surface area contributed by atoms with Crippen LogP contribution >= 0.6 is 11.5 Å². The number of nitrogens with zero attached hydrogens (tertiary/aromatic N) is 2. The highest BCUT2D eigenvalue weighted by atomic mass is 32.1. The van der Waals surface area contributed by atoms with Gasteiger partial charge in [-0.3, -0.25) is 10.2 Å². The van der Waals surface area contributed by atoms with Crippen LogP contribution in [-0.4, -0.2) is 65.8 Å². The minimum absolute atomic E-state index is 0.0549. The second kappa shape index (κ2) is 11.2. The van der Waals surface area contributed by atoms with Crippen molar-refractivity contribution >= 4 is 28.5 Å². The average Bonchev–Trinajstić information content (AvgIpc) is 3.13. The van der Waals surface area contributed by atoms with Crippen molar-refractivity contribution in [1.82, 2.24) is 14.6 Å². The quantitative estimate of drug-likeness (QED) is 0.487. The Bertz CT molecular complexity index is 939. The van der Waals surface area contributed by atoms with E-state index in [0.717, 1.165) is 56.4 Å². The van der Waals surface area contributed by atoms with Crippen molar-refractivity contribution in [3.05, 3.63) is 40.2 Å². The topological polar surface area (TPSA) is 113 Å². The Labute approximate surface area is 189 Å². The third-order valence-corrected chi connectivity index (χ3v) is 5.80. The highest BCUT2D eigenvalue weighted by Crippen LogP contribution is 2.31. The number of ether oxygens (including phenoxy) is 2. The zero-order valence-electron chi connectivity index (χ0n) is 18.1. The van der Waals surface area contributed by atoms with Crippen molar-refractivity contribution in [2.75, 3.05) is 44.7 Å². The van der Waals surface area contributed by atoms with Gasteiger partial charge in [0.15, 0.2) is 5.56 Å². The van der Waals surface area contributed by atoms with Crippen LogP contribution in [0.1, 0.15) is 33.5 Å². The van der Waals surface area contributed by atoms with E-state index in [2.05, 4.69) is 19.9 Å². The number of aromatic carboxylic acids is 1. The molecule has 0 unspecified atom stereocenters. The summed E-state index contributed by atoms with van der Waals surface area (Å²) >= 11 is 0.797. The molecule has 2 heterocycles. The van der Waals surface area contributed by atoms with Crippen LogP contribution in [-0.2, 0) is 11.3 Å². The van der Waals surface area contributed by atoms with Crippen LogP contribution in [0.5, 0.6) is 5.88 Å². The van der Waals surface area contributed by atoms with Gasteiger partial charge in [-0.25, -0.2) is 14.0 Å². The molecule has 9 nitrogen and oxygen atoms in total. The van der Waals surface area contributed by atoms with E-state index in [1.54, 1.807) is 13.8 Å². The SMILES string of the molecule is Cc1cc(C)c(COc2nsc(NC(=O)NCCCN3CCOCC3)c2C(=O)O)c(F)c1. The zero-order chi connectivity index (χ0) is 23.1. The number of rotatable bonds is 9. The summed E-state index contributed by atoms with van der Waals surface area (Å²) in [5, 5.41) is 14.9. The Balaban J connectivity index is 1.55. The summed E-state index contributed by atoms with van der Waals surface area (Å²) in [4.78, 5) is 26.2. The third kappa shape index (κ3) is 6.38. The maximum absolute atomic E-state index is 14.2. The van der Waals surface area contributed by atoms with E-state index in [9.17, 15) is 19.1 Å². The molecule has 3 N–H and O–H groups in total. The van der Waals surface area contributed by atoms with Gasteiger partial charge < -0.3 is 19.9 Å². The minimum Gasteiger partial charge on any atom is -0.477 e. The molecule has 3 rings (SSSR count). The molecule has 32 heavy (non-hydrogen) atoms. The molecule has 1 fully saturated rings. The molecule has 0 radical (unpaired) electrons. The first-order valence-corrected chi connectivity index (χ1v) is 11.1. The Morgan fingerprint density at radius 3 is 2.75 bits per heavy atom. The van der Waals surface area contributed by atoms with E-state index in [0.29, 0.717) is 17.7 Å². The van der Waals surface area contributed by atoms with E-state index < -0.39 is 17.8 Å². The summed E-state index contributed by atoms with van der Waals surface area (Å²) in [7, 11) is 0. The number of morpholine rings is 1. The van der Waals surface area contributed by atoms with Crippen LogP contribution in [0, 0.1) is 19.7 Å². The number of carbonyl (C=O) groups is 2. The Morgan fingerprint density at radius 1 is 1.31 bits per heavy atom. The summed E-state index contributed by atoms with van der Waals surface area (Å²) in [6.07, 6.45) is 0.762. The summed E-state index contributed by atoms with van der Waals surface area (Å²) in [6, 6.07) is 2.68.